The molecule has 0 unspecified atom stereocenters. The summed E-state index contributed by atoms with van der Waals surface area (Å²) in [7, 11) is 0. The van der Waals surface area contributed by atoms with Crippen LogP contribution in [0.3, 0.4) is 0 Å². The maximum atomic E-state index is 12.0. The third-order valence-electron chi connectivity index (χ3n) is 3.35. The minimum absolute atomic E-state index is 0.00182. The van der Waals surface area contributed by atoms with E-state index in [1.165, 1.54) is 4.68 Å². The second kappa shape index (κ2) is 6.36. The van der Waals surface area contributed by atoms with Gasteiger partial charge < -0.3 is 10.5 Å². The van der Waals surface area contributed by atoms with E-state index in [9.17, 15) is 4.79 Å². The number of benzene rings is 2. The lowest BCUT2D eigenvalue weighted by atomic mass is 10.1. The van der Waals surface area contributed by atoms with E-state index < -0.39 is 12.0 Å². The van der Waals surface area contributed by atoms with Crippen molar-refractivity contribution in [3.05, 3.63) is 60.2 Å². The quantitative estimate of drug-likeness (QED) is 0.721. The molecule has 0 aliphatic carbocycles. The standard InChI is InChI=1S/C16H16N4O2/c17-13(10-12-6-2-1-3-7-12)16(21)22-11-20-15-9-5-4-8-14(15)18-19-20/h1-9,13H,10-11,17H2/t13-/m1/s1. The van der Waals surface area contributed by atoms with Gasteiger partial charge in [-0.2, -0.15) is 0 Å². The molecule has 0 fully saturated rings. The molecule has 0 saturated heterocycles. The summed E-state index contributed by atoms with van der Waals surface area (Å²) in [5.74, 6) is -0.455. The lowest BCUT2D eigenvalue weighted by Gasteiger charge is -2.11. The fourth-order valence-electron chi connectivity index (χ4n) is 2.20. The summed E-state index contributed by atoms with van der Waals surface area (Å²) in [5.41, 5.74) is 8.45. The summed E-state index contributed by atoms with van der Waals surface area (Å²) in [4.78, 5) is 12.0. The SMILES string of the molecule is N[C@H](Cc1ccccc1)C(=O)OCn1nnc2ccccc21. The second-order valence-electron chi connectivity index (χ2n) is 4.97. The molecule has 0 aliphatic rings. The van der Waals surface area contributed by atoms with Crippen LogP contribution in [-0.4, -0.2) is 27.0 Å². The van der Waals surface area contributed by atoms with Gasteiger partial charge in [0.25, 0.3) is 0 Å². The fourth-order valence-corrected chi connectivity index (χ4v) is 2.20. The molecule has 3 aromatic rings. The zero-order valence-electron chi connectivity index (χ0n) is 11.9. The Labute approximate surface area is 127 Å². The van der Waals surface area contributed by atoms with Crippen molar-refractivity contribution in [2.75, 3.05) is 0 Å². The second-order valence-corrected chi connectivity index (χ2v) is 4.97. The summed E-state index contributed by atoms with van der Waals surface area (Å²) in [6, 6.07) is 16.4. The Hall–Kier alpha value is -2.73. The first-order valence-electron chi connectivity index (χ1n) is 6.98. The molecule has 1 heterocycles. The molecule has 2 N–H and O–H groups in total. The topological polar surface area (TPSA) is 83.0 Å². The molecule has 0 spiro atoms. The van der Waals surface area contributed by atoms with Crippen molar-refractivity contribution in [1.82, 2.24) is 15.0 Å². The van der Waals surface area contributed by atoms with Gasteiger partial charge in [0.2, 0.25) is 0 Å². The molecule has 2 aromatic carbocycles. The van der Waals surface area contributed by atoms with Crippen LogP contribution >= 0.6 is 0 Å². The van der Waals surface area contributed by atoms with Crippen LogP contribution in [0.4, 0.5) is 0 Å². The minimum atomic E-state index is -0.697. The molecule has 0 radical (unpaired) electrons. The van der Waals surface area contributed by atoms with Gasteiger partial charge >= 0.3 is 5.97 Å². The molecule has 1 aromatic heterocycles. The predicted molar refractivity (Wildman–Crippen MR) is 81.7 cm³/mol. The number of hydrogen-bond acceptors (Lipinski definition) is 5. The molecule has 0 aliphatic heterocycles. The maximum absolute atomic E-state index is 12.0. The summed E-state index contributed by atoms with van der Waals surface area (Å²) in [6.45, 7) is 0.00182. The largest absolute Gasteiger partial charge is 0.441 e. The van der Waals surface area contributed by atoms with Crippen LogP contribution in [0, 0.1) is 0 Å². The van der Waals surface area contributed by atoms with Crippen molar-refractivity contribution in [2.24, 2.45) is 5.73 Å². The first-order valence-corrected chi connectivity index (χ1v) is 6.98. The first-order chi connectivity index (χ1) is 10.7. The van der Waals surface area contributed by atoms with Gasteiger partial charge in [-0.05, 0) is 24.1 Å². The lowest BCUT2D eigenvalue weighted by Crippen LogP contribution is -2.34. The highest BCUT2D eigenvalue weighted by molar-refractivity contribution is 5.76. The monoisotopic (exact) mass is 296 g/mol. The molecule has 6 heteroatoms. The van der Waals surface area contributed by atoms with Gasteiger partial charge in [-0.15, -0.1) is 5.10 Å². The number of hydrogen-bond donors (Lipinski definition) is 1. The highest BCUT2D eigenvalue weighted by Gasteiger charge is 2.16. The summed E-state index contributed by atoms with van der Waals surface area (Å²) in [5, 5.41) is 7.96. The predicted octanol–water partition coefficient (Wildman–Crippen LogP) is 1.50. The lowest BCUT2D eigenvalue weighted by molar-refractivity contribution is -0.149. The van der Waals surface area contributed by atoms with E-state index >= 15 is 0 Å². The molecule has 0 saturated carbocycles. The summed E-state index contributed by atoms with van der Waals surface area (Å²) in [6.07, 6.45) is 0.442. The highest BCUT2D eigenvalue weighted by atomic mass is 16.5. The Kier molecular flexibility index (Phi) is 4.11. The molecule has 0 amide bonds. The highest BCUT2D eigenvalue weighted by Crippen LogP contribution is 2.10. The number of nitrogens with zero attached hydrogens (tertiary/aromatic N) is 3. The van der Waals surface area contributed by atoms with Crippen LogP contribution in [0.15, 0.2) is 54.6 Å². The van der Waals surface area contributed by atoms with Gasteiger partial charge in [-0.25, -0.2) is 4.68 Å². The number of aromatic nitrogens is 3. The number of nitrogens with two attached hydrogens (primary N) is 1. The van der Waals surface area contributed by atoms with Gasteiger partial charge in [-0.1, -0.05) is 47.7 Å². The number of fused-ring (bicyclic) bond motifs is 1. The van der Waals surface area contributed by atoms with Crippen LogP contribution in [0.5, 0.6) is 0 Å². The average molecular weight is 296 g/mol. The van der Waals surface area contributed by atoms with E-state index in [2.05, 4.69) is 10.3 Å². The Morgan fingerprint density at radius 3 is 2.68 bits per heavy atom. The molecular weight excluding hydrogens is 280 g/mol. The van der Waals surface area contributed by atoms with Crippen molar-refractivity contribution in [2.45, 2.75) is 19.2 Å². The fraction of sp³-hybridized carbons (Fsp3) is 0.188. The number of esters is 1. The minimum Gasteiger partial charge on any atom is -0.441 e. The van der Waals surface area contributed by atoms with Crippen LogP contribution in [0.1, 0.15) is 5.56 Å². The molecule has 3 rings (SSSR count). The Balaban J connectivity index is 1.60. The Morgan fingerprint density at radius 2 is 1.86 bits per heavy atom. The van der Waals surface area contributed by atoms with E-state index in [-0.39, 0.29) is 6.73 Å². The number of carbonyl (C=O) groups excluding carboxylic acids is 1. The van der Waals surface area contributed by atoms with Gasteiger partial charge in [0.15, 0.2) is 6.73 Å². The van der Waals surface area contributed by atoms with Crippen LogP contribution in [0.2, 0.25) is 0 Å². The van der Waals surface area contributed by atoms with Gasteiger partial charge in [-0.3, -0.25) is 4.79 Å². The maximum Gasteiger partial charge on any atom is 0.325 e. The van der Waals surface area contributed by atoms with Crippen LogP contribution in [-0.2, 0) is 22.7 Å². The molecular formula is C16H16N4O2. The smallest absolute Gasteiger partial charge is 0.325 e. The normalized spacial score (nSPS) is 12.2. The van der Waals surface area contributed by atoms with Crippen molar-refractivity contribution in [3.8, 4) is 0 Å². The summed E-state index contributed by atoms with van der Waals surface area (Å²) < 4.78 is 6.76. The number of carbonyl (C=O) groups is 1. The van der Waals surface area contributed by atoms with Gasteiger partial charge in [0, 0.05) is 0 Å². The van der Waals surface area contributed by atoms with Crippen molar-refractivity contribution < 1.29 is 9.53 Å². The van der Waals surface area contributed by atoms with E-state index in [1.54, 1.807) is 0 Å². The first kappa shape index (κ1) is 14.2. The van der Waals surface area contributed by atoms with Crippen molar-refractivity contribution in [1.29, 1.82) is 0 Å². The number of rotatable bonds is 5. The zero-order chi connectivity index (χ0) is 15.4. The van der Waals surface area contributed by atoms with Gasteiger partial charge in [0.05, 0.1) is 5.52 Å². The van der Waals surface area contributed by atoms with Crippen LogP contribution < -0.4 is 5.73 Å². The van der Waals surface area contributed by atoms with E-state index in [4.69, 9.17) is 10.5 Å². The third-order valence-corrected chi connectivity index (χ3v) is 3.35. The summed E-state index contributed by atoms with van der Waals surface area (Å²) >= 11 is 0. The molecule has 6 nitrogen and oxygen atoms in total. The molecule has 1 atom stereocenters. The van der Waals surface area contributed by atoms with Gasteiger partial charge in [0.1, 0.15) is 11.6 Å². The van der Waals surface area contributed by atoms with E-state index in [1.807, 2.05) is 54.6 Å². The zero-order valence-corrected chi connectivity index (χ0v) is 11.9. The van der Waals surface area contributed by atoms with E-state index in [0.717, 1.165) is 16.6 Å². The number of para-hydroxylation sites is 1. The molecule has 0 bridgehead atoms. The van der Waals surface area contributed by atoms with Crippen molar-refractivity contribution in [3.63, 3.8) is 0 Å². The Morgan fingerprint density at radius 1 is 1.14 bits per heavy atom. The molecule has 112 valence electrons. The van der Waals surface area contributed by atoms with Crippen molar-refractivity contribution >= 4 is 17.0 Å². The number of ether oxygens (including phenoxy) is 1. The molecule has 22 heavy (non-hydrogen) atoms. The van der Waals surface area contributed by atoms with Crippen LogP contribution in [0.25, 0.3) is 11.0 Å². The van der Waals surface area contributed by atoms with E-state index in [0.29, 0.717) is 6.42 Å². The Bertz CT molecular complexity index is 770. The average Bonchev–Trinajstić information content (AvgIpc) is 2.97. The third kappa shape index (κ3) is 3.12.